The normalized spacial score (nSPS) is 13.2. The largest absolute Gasteiger partial charge is 0.366 e. The Bertz CT molecular complexity index is 940. The van der Waals surface area contributed by atoms with Crippen molar-refractivity contribution in [2.24, 2.45) is 0 Å². The number of nitrogens with one attached hydrogen (secondary N) is 1. The third kappa shape index (κ3) is 3.55. The number of benzene rings is 2. The highest BCUT2D eigenvalue weighted by Gasteiger charge is 2.17. The first kappa shape index (κ1) is 16.6. The molecule has 0 unspecified atom stereocenters. The van der Waals surface area contributed by atoms with Gasteiger partial charge >= 0.3 is 0 Å². The molecule has 5 heteroatoms. The summed E-state index contributed by atoms with van der Waals surface area (Å²) >= 11 is 5.94. The van der Waals surface area contributed by atoms with Crippen LogP contribution in [0.2, 0.25) is 5.02 Å². The van der Waals surface area contributed by atoms with E-state index in [0.29, 0.717) is 16.4 Å². The minimum atomic E-state index is -0.247. The van der Waals surface area contributed by atoms with E-state index in [4.69, 9.17) is 11.6 Å². The number of anilines is 2. The van der Waals surface area contributed by atoms with E-state index < -0.39 is 0 Å². The molecule has 130 valence electrons. The first-order valence-corrected chi connectivity index (χ1v) is 8.91. The third-order valence-electron chi connectivity index (χ3n) is 4.56. The molecule has 1 aliphatic rings. The molecule has 1 N–H and O–H groups in total. The van der Waals surface area contributed by atoms with E-state index in [9.17, 15) is 4.79 Å². The number of halogens is 1. The van der Waals surface area contributed by atoms with Crippen LogP contribution in [0.15, 0.2) is 66.9 Å². The molecule has 0 bridgehead atoms. The van der Waals surface area contributed by atoms with Crippen molar-refractivity contribution in [2.45, 2.75) is 13.0 Å². The molecule has 0 radical (unpaired) electrons. The van der Waals surface area contributed by atoms with Crippen LogP contribution < -0.4 is 10.2 Å². The molecule has 1 aliphatic heterocycles. The van der Waals surface area contributed by atoms with Crippen molar-refractivity contribution < 1.29 is 4.79 Å². The molecule has 0 fully saturated rings. The van der Waals surface area contributed by atoms with Crippen LogP contribution in [-0.2, 0) is 13.0 Å². The van der Waals surface area contributed by atoms with Crippen LogP contribution in [0.1, 0.15) is 21.6 Å². The monoisotopic (exact) mass is 363 g/mol. The number of hydrogen-bond acceptors (Lipinski definition) is 3. The van der Waals surface area contributed by atoms with E-state index in [0.717, 1.165) is 25.2 Å². The van der Waals surface area contributed by atoms with E-state index in [-0.39, 0.29) is 5.91 Å². The smallest absolute Gasteiger partial charge is 0.274 e. The summed E-state index contributed by atoms with van der Waals surface area (Å²) in [4.78, 5) is 19.0. The number of rotatable bonds is 3. The van der Waals surface area contributed by atoms with Gasteiger partial charge in [-0.3, -0.25) is 4.79 Å². The van der Waals surface area contributed by atoms with Crippen LogP contribution in [0.3, 0.4) is 0 Å². The summed E-state index contributed by atoms with van der Waals surface area (Å²) < 4.78 is 0. The quantitative estimate of drug-likeness (QED) is 0.742. The van der Waals surface area contributed by atoms with E-state index in [2.05, 4.69) is 39.5 Å². The summed E-state index contributed by atoms with van der Waals surface area (Å²) in [5.74, 6) is -0.247. The van der Waals surface area contributed by atoms with Gasteiger partial charge in [-0.1, -0.05) is 41.9 Å². The standard InChI is InChI=1S/C21H18ClN3O/c22-17-6-3-7-18(12-17)24-21(26)20-9-8-19(13-23-20)25-11-10-15-4-1-2-5-16(15)14-25/h1-9,12-13H,10-11,14H2,(H,24,26). The lowest BCUT2D eigenvalue weighted by atomic mass is 10.00. The molecule has 3 aromatic rings. The summed E-state index contributed by atoms with van der Waals surface area (Å²) in [5.41, 5.74) is 4.82. The molecule has 0 saturated carbocycles. The molecule has 2 aromatic carbocycles. The van der Waals surface area contributed by atoms with Crippen LogP contribution in [0.5, 0.6) is 0 Å². The van der Waals surface area contributed by atoms with Gasteiger partial charge in [-0.25, -0.2) is 4.98 Å². The van der Waals surface area contributed by atoms with E-state index >= 15 is 0 Å². The van der Waals surface area contributed by atoms with Gasteiger partial charge in [0, 0.05) is 23.8 Å². The van der Waals surface area contributed by atoms with Crippen LogP contribution >= 0.6 is 11.6 Å². The number of pyridine rings is 1. The predicted octanol–water partition coefficient (Wildman–Crippen LogP) is 4.55. The maximum absolute atomic E-state index is 12.3. The van der Waals surface area contributed by atoms with Crippen molar-refractivity contribution in [1.82, 2.24) is 4.98 Å². The fraction of sp³-hybridized carbons (Fsp3) is 0.143. The zero-order chi connectivity index (χ0) is 17.9. The van der Waals surface area contributed by atoms with E-state index in [1.54, 1.807) is 36.5 Å². The Morgan fingerprint density at radius 1 is 1.04 bits per heavy atom. The number of hydrogen-bond donors (Lipinski definition) is 1. The van der Waals surface area contributed by atoms with Gasteiger partial charge in [0.1, 0.15) is 5.69 Å². The Balaban J connectivity index is 1.46. The van der Waals surface area contributed by atoms with Gasteiger partial charge in [0.25, 0.3) is 5.91 Å². The number of carbonyl (C=O) groups excluding carboxylic acids is 1. The molecule has 26 heavy (non-hydrogen) atoms. The van der Waals surface area contributed by atoms with Crippen molar-refractivity contribution in [3.8, 4) is 0 Å². The van der Waals surface area contributed by atoms with Gasteiger partial charge in [-0.2, -0.15) is 0 Å². The highest BCUT2D eigenvalue weighted by atomic mass is 35.5. The number of aromatic nitrogens is 1. The highest BCUT2D eigenvalue weighted by Crippen LogP contribution is 2.24. The molecule has 1 aromatic heterocycles. The van der Waals surface area contributed by atoms with Gasteiger partial charge in [0.05, 0.1) is 11.9 Å². The average Bonchev–Trinajstić information content (AvgIpc) is 2.68. The molecule has 0 aliphatic carbocycles. The SMILES string of the molecule is O=C(Nc1cccc(Cl)c1)c1ccc(N2CCc3ccccc3C2)cn1. The summed E-state index contributed by atoms with van der Waals surface area (Å²) in [6, 6.07) is 19.3. The Labute approximate surface area is 157 Å². The van der Waals surface area contributed by atoms with Crippen LogP contribution in [-0.4, -0.2) is 17.4 Å². The zero-order valence-corrected chi connectivity index (χ0v) is 14.9. The number of amides is 1. The first-order chi connectivity index (χ1) is 12.7. The lowest BCUT2D eigenvalue weighted by molar-refractivity contribution is 0.102. The molecular weight excluding hydrogens is 346 g/mol. The summed E-state index contributed by atoms with van der Waals surface area (Å²) in [6.07, 6.45) is 2.79. The van der Waals surface area contributed by atoms with Crippen molar-refractivity contribution in [1.29, 1.82) is 0 Å². The maximum atomic E-state index is 12.3. The lowest BCUT2D eigenvalue weighted by Gasteiger charge is -2.30. The summed E-state index contributed by atoms with van der Waals surface area (Å²) in [7, 11) is 0. The second-order valence-corrected chi connectivity index (χ2v) is 6.74. The van der Waals surface area contributed by atoms with Crippen molar-refractivity contribution in [3.05, 3.63) is 88.7 Å². The molecule has 2 heterocycles. The molecular formula is C21H18ClN3O. The second-order valence-electron chi connectivity index (χ2n) is 6.31. The Hall–Kier alpha value is -2.85. The fourth-order valence-corrected chi connectivity index (χ4v) is 3.38. The Morgan fingerprint density at radius 3 is 2.65 bits per heavy atom. The van der Waals surface area contributed by atoms with Crippen LogP contribution in [0.25, 0.3) is 0 Å². The molecule has 4 nitrogen and oxygen atoms in total. The minimum absolute atomic E-state index is 0.247. The Morgan fingerprint density at radius 2 is 1.88 bits per heavy atom. The van der Waals surface area contributed by atoms with E-state index in [1.165, 1.54) is 11.1 Å². The summed E-state index contributed by atoms with van der Waals surface area (Å²) in [6.45, 7) is 1.82. The molecule has 0 atom stereocenters. The second kappa shape index (κ2) is 7.18. The van der Waals surface area contributed by atoms with Crippen molar-refractivity contribution in [2.75, 3.05) is 16.8 Å². The highest BCUT2D eigenvalue weighted by molar-refractivity contribution is 6.30. The van der Waals surface area contributed by atoms with Crippen LogP contribution in [0.4, 0.5) is 11.4 Å². The first-order valence-electron chi connectivity index (χ1n) is 8.54. The van der Waals surface area contributed by atoms with Crippen molar-refractivity contribution >= 4 is 28.9 Å². The number of carbonyl (C=O) groups is 1. The zero-order valence-electron chi connectivity index (χ0n) is 14.2. The topological polar surface area (TPSA) is 45.2 Å². The molecule has 4 rings (SSSR count). The lowest BCUT2D eigenvalue weighted by Crippen LogP contribution is -2.30. The van der Waals surface area contributed by atoms with Gasteiger partial charge < -0.3 is 10.2 Å². The average molecular weight is 364 g/mol. The van der Waals surface area contributed by atoms with Gasteiger partial charge in [0.15, 0.2) is 0 Å². The molecule has 1 amide bonds. The number of nitrogens with zero attached hydrogens (tertiary/aromatic N) is 2. The minimum Gasteiger partial charge on any atom is -0.366 e. The predicted molar refractivity (Wildman–Crippen MR) is 105 cm³/mol. The van der Waals surface area contributed by atoms with Gasteiger partial charge in [0.2, 0.25) is 0 Å². The van der Waals surface area contributed by atoms with Gasteiger partial charge in [-0.05, 0) is 47.9 Å². The van der Waals surface area contributed by atoms with Gasteiger partial charge in [-0.15, -0.1) is 0 Å². The fourth-order valence-electron chi connectivity index (χ4n) is 3.18. The Kier molecular flexibility index (Phi) is 4.59. The van der Waals surface area contributed by atoms with Crippen molar-refractivity contribution in [3.63, 3.8) is 0 Å². The summed E-state index contributed by atoms with van der Waals surface area (Å²) in [5, 5.41) is 3.39. The van der Waals surface area contributed by atoms with Crippen LogP contribution in [0, 0.1) is 0 Å². The number of fused-ring (bicyclic) bond motifs is 1. The molecule has 0 spiro atoms. The molecule has 0 saturated heterocycles. The maximum Gasteiger partial charge on any atom is 0.274 e. The third-order valence-corrected chi connectivity index (χ3v) is 4.79. The van der Waals surface area contributed by atoms with E-state index in [1.807, 2.05) is 6.07 Å².